The summed E-state index contributed by atoms with van der Waals surface area (Å²) in [6, 6.07) is 11.5. The van der Waals surface area contributed by atoms with Crippen LogP contribution in [-0.4, -0.2) is 29.6 Å². The summed E-state index contributed by atoms with van der Waals surface area (Å²) in [5.74, 6) is 0. The van der Waals surface area contributed by atoms with Crippen molar-refractivity contribution in [2.75, 3.05) is 21.8 Å². The average Bonchev–Trinajstić information content (AvgIpc) is 2.53. The number of benzene rings is 2. The summed E-state index contributed by atoms with van der Waals surface area (Å²) >= 11 is 3.23. The van der Waals surface area contributed by atoms with E-state index in [1.807, 2.05) is 0 Å². The number of nitrogens with one attached hydrogen (secondary N) is 1. The van der Waals surface area contributed by atoms with Crippen LogP contribution in [0, 0.1) is 0 Å². The summed E-state index contributed by atoms with van der Waals surface area (Å²) in [4.78, 5) is 0.118. The molecular weight excluding hydrogens is 428 g/mol. The number of anilines is 2. The van der Waals surface area contributed by atoms with E-state index in [1.165, 1.54) is 10.4 Å². The molecule has 6 nitrogen and oxygen atoms in total. The van der Waals surface area contributed by atoms with Crippen LogP contribution in [0.2, 0.25) is 0 Å². The molecule has 0 aliphatic carbocycles. The van der Waals surface area contributed by atoms with Crippen LogP contribution in [0.4, 0.5) is 11.4 Å². The van der Waals surface area contributed by atoms with Gasteiger partial charge in [0.1, 0.15) is 4.90 Å². The Morgan fingerprint density at radius 3 is 2.48 bits per heavy atom. The van der Waals surface area contributed by atoms with E-state index in [0.717, 1.165) is 24.7 Å². The second-order valence-corrected chi connectivity index (χ2v) is 10.2. The number of fused-ring (bicyclic) bond motifs is 1. The zero-order valence-electron chi connectivity index (χ0n) is 13.4. The molecule has 0 radical (unpaired) electrons. The van der Waals surface area contributed by atoms with Gasteiger partial charge in [-0.1, -0.05) is 18.2 Å². The van der Waals surface area contributed by atoms with Gasteiger partial charge in [-0.05, 0) is 58.6 Å². The number of aryl methyl sites for hydroxylation is 1. The van der Waals surface area contributed by atoms with Gasteiger partial charge in [-0.25, -0.2) is 16.8 Å². The van der Waals surface area contributed by atoms with Crippen LogP contribution in [0.1, 0.15) is 12.0 Å². The molecule has 134 valence electrons. The molecule has 25 heavy (non-hydrogen) atoms. The molecule has 9 heteroatoms. The third-order valence-corrected chi connectivity index (χ3v) is 7.51. The molecule has 2 aromatic carbocycles. The van der Waals surface area contributed by atoms with Crippen molar-refractivity contribution in [2.24, 2.45) is 0 Å². The molecule has 0 spiro atoms. The van der Waals surface area contributed by atoms with Crippen molar-refractivity contribution in [3.63, 3.8) is 0 Å². The Hall–Kier alpha value is -1.58. The first-order chi connectivity index (χ1) is 11.7. The van der Waals surface area contributed by atoms with Crippen LogP contribution in [0.25, 0.3) is 0 Å². The van der Waals surface area contributed by atoms with Gasteiger partial charge in [0, 0.05) is 11.0 Å². The lowest BCUT2D eigenvalue weighted by molar-refractivity contribution is 0.592. The lowest BCUT2D eigenvalue weighted by atomic mass is 10.0. The van der Waals surface area contributed by atoms with Gasteiger partial charge >= 0.3 is 0 Å². The summed E-state index contributed by atoms with van der Waals surface area (Å²) in [5.41, 5.74) is 1.74. The Kier molecular flexibility index (Phi) is 4.82. The molecule has 2 aromatic rings. The van der Waals surface area contributed by atoms with Crippen molar-refractivity contribution >= 4 is 47.4 Å². The molecule has 0 atom stereocenters. The fraction of sp³-hybridized carbons (Fsp3) is 0.250. The van der Waals surface area contributed by atoms with Gasteiger partial charge in [-0.15, -0.1) is 0 Å². The quantitative estimate of drug-likeness (QED) is 0.785. The molecule has 3 rings (SSSR count). The summed E-state index contributed by atoms with van der Waals surface area (Å²) in [7, 11) is -7.20. The van der Waals surface area contributed by atoms with Gasteiger partial charge in [-0.2, -0.15) is 0 Å². The molecule has 0 fully saturated rings. The van der Waals surface area contributed by atoms with E-state index in [2.05, 4.69) is 20.7 Å². The van der Waals surface area contributed by atoms with Crippen LogP contribution in [-0.2, 0) is 26.5 Å². The lowest BCUT2D eigenvalue weighted by Gasteiger charge is -2.29. The number of nitrogens with zero attached hydrogens (tertiary/aromatic N) is 1. The first kappa shape index (κ1) is 18.2. The molecule has 0 aromatic heterocycles. The largest absolute Gasteiger partial charge is 0.280 e. The Bertz CT molecular complexity index is 1020. The number of sulfonamides is 2. The summed E-state index contributed by atoms with van der Waals surface area (Å²) in [6.45, 7) is 0.395. The fourth-order valence-electron chi connectivity index (χ4n) is 2.82. The highest BCUT2D eigenvalue weighted by atomic mass is 79.9. The molecular formula is C16H17BrN2O4S2. The Balaban J connectivity index is 1.99. The van der Waals surface area contributed by atoms with Gasteiger partial charge in [0.25, 0.3) is 10.0 Å². The average molecular weight is 445 g/mol. The Labute approximate surface area is 156 Å². The summed E-state index contributed by atoms with van der Waals surface area (Å²) < 4.78 is 53.5. The highest BCUT2D eigenvalue weighted by molar-refractivity contribution is 9.10. The van der Waals surface area contributed by atoms with Crippen LogP contribution in [0.15, 0.2) is 51.8 Å². The summed E-state index contributed by atoms with van der Waals surface area (Å²) in [6.07, 6.45) is 2.65. The van der Waals surface area contributed by atoms with Crippen LogP contribution in [0.3, 0.4) is 0 Å². The van der Waals surface area contributed by atoms with Crippen molar-refractivity contribution in [3.05, 3.63) is 52.5 Å². The van der Waals surface area contributed by atoms with E-state index in [0.29, 0.717) is 22.4 Å². The van der Waals surface area contributed by atoms with Crippen molar-refractivity contribution in [2.45, 2.75) is 17.7 Å². The van der Waals surface area contributed by atoms with Crippen LogP contribution in [0.5, 0.6) is 0 Å². The zero-order chi connectivity index (χ0) is 18.2. The van der Waals surface area contributed by atoms with E-state index in [-0.39, 0.29) is 4.90 Å². The zero-order valence-corrected chi connectivity index (χ0v) is 16.7. The van der Waals surface area contributed by atoms with Crippen molar-refractivity contribution in [1.29, 1.82) is 0 Å². The van der Waals surface area contributed by atoms with Crippen molar-refractivity contribution in [3.8, 4) is 0 Å². The molecule has 0 unspecified atom stereocenters. The second kappa shape index (κ2) is 6.62. The smallest absolute Gasteiger partial charge is 0.263 e. The van der Waals surface area contributed by atoms with Crippen LogP contribution >= 0.6 is 15.9 Å². The maximum Gasteiger partial charge on any atom is 0.263 e. The molecule has 1 heterocycles. The predicted octanol–water partition coefficient (Wildman–Crippen LogP) is 2.96. The molecule has 0 bridgehead atoms. The SMILES string of the molecule is CS(=O)(=O)N1CCCc2ccc(NS(=O)(=O)c3ccccc3Br)cc21. The maximum atomic E-state index is 12.6. The van der Waals surface area contributed by atoms with Crippen molar-refractivity contribution in [1.82, 2.24) is 0 Å². The van der Waals surface area contributed by atoms with E-state index in [4.69, 9.17) is 0 Å². The van der Waals surface area contributed by atoms with E-state index in [9.17, 15) is 16.8 Å². The van der Waals surface area contributed by atoms with Gasteiger partial charge in [-0.3, -0.25) is 9.03 Å². The molecule has 1 aliphatic heterocycles. The summed E-state index contributed by atoms with van der Waals surface area (Å²) in [5, 5.41) is 0. The first-order valence-corrected chi connectivity index (χ1v) is 11.7. The third-order valence-electron chi connectivity index (χ3n) is 3.94. The molecule has 0 amide bonds. The minimum atomic E-state index is -3.79. The van der Waals surface area contributed by atoms with E-state index < -0.39 is 20.0 Å². The number of rotatable bonds is 4. The molecule has 0 saturated heterocycles. The fourth-order valence-corrected chi connectivity index (χ4v) is 5.86. The van der Waals surface area contributed by atoms with Gasteiger partial charge in [0.2, 0.25) is 10.0 Å². The maximum absolute atomic E-state index is 12.6. The standard InChI is InChI=1S/C16H17BrN2O4S2/c1-24(20,21)19-10-4-5-12-8-9-13(11-15(12)19)18-25(22,23)16-7-3-2-6-14(16)17/h2-3,6-9,11,18H,4-5,10H2,1H3. The normalized spacial score (nSPS) is 14.9. The van der Waals surface area contributed by atoms with Gasteiger partial charge in [0.15, 0.2) is 0 Å². The molecule has 1 N–H and O–H groups in total. The van der Waals surface area contributed by atoms with E-state index >= 15 is 0 Å². The minimum Gasteiger partial charge on any atom is -0.280 e. The van der Waals surface area contributed by atoms with E-state index in [1.54, 1.807) is 36.4 Å². The Morgan fingerprint density at radius 2 is 1.80 bits per heavy atom. The van der Waals surface area contributed by atoms with Gasteiger partial charge < -0.3 is 0 Å². The number of hydrogen-bond donors (Lipinski definition) is 1. The minimum absolute atomic E-state index is 0.118. The monoisotopic (exact) mass is 444 g/mol. The first-order valence-electron chi connectivity index (χ1n) is 7.56. The Morgan fingerprint density at radius 1 is 1.08 bits per heavy atom. The van der Waals surface area contributed by atoms with Crippen molar-refractivity contribution < 1.29 is 16.8 Å². The highest BCUT2D eigenvalue weighted by Crippen LogP contribution is 2.33. The number of hydrogen-bond acceptors (Lipinski definition) is 4. The highest BCUT2D eigenvalue weighted by Gasteiger charge is 2.25. The number of halogens is 1. The van der Waals surface area contributed by atoms with Gasteiger partial charge in [0.05, 0.1) is 17.6 Å². The second-order valence-electron chi connectivity index (χ2n) is 5.82. The van der Waals surface area contributed by atoms with Crippen LogP contribution < -0.4 is 9.03 Å². The third kappa shape index (κ3) is 3.83. The molecule has 0 saturated carbocycles. The molecule has 1 aliphatic rings. The lowest BCUT2D eigenvalue weighted by Crippen LogP contribution is -2.34. The topological polar surface area (TPSA) is 83.6 Å². The predicted molar refractivity (Wildman–Crippen MR) is 102 cm³/mol.